The maximum absolute atomic E-state index is 13.3. The van der Waals surface area contributed by atoms with Crippen molar-refractivity contribution >= 4 is 27.5 Å². The molecule has 8 heteroatoms. The number of sulfonamides is 1. The molecule has 0 aliphatic carbocycles. The third-order valence-electron chi connectivity index (χ3n) is 5.05. The second-order valence-corrected chi connectivity index (χ2v) is 9.59. The van der Waals surface area contributed by atoms with Crippen molar-refractivity contribution in [3.8, 4) is 0 Å². The summed E-state index contributed by atoms with van der Waals surface area (Å²) in [4.78, 5) is 12.7. The molecule has 1 aliphatic heterocycles. The molecule has 2 aromatic carbocycles. The standard InChI is InChI=1S/C22H27ClN2O4S/c23-19-10-12-20(13-11-19)30(27,28)25(21-9-4-5-14-24-22(21)26)15-6-16-29-17-18-7-2-1-3-8-18/h1-3,7-8,10-13,21H,4-6,9,14-17H2,(H,24,26)/t21-/m1/s1. The first kappa shape index (κ1) is 22.7. The summed E-state index contributed by atoms with van der Waals surface area (Å²) in [5.41, 5.74) is 1.06. The van der Waals surface area contributed by atoms with Crippen LogP contribution in [0.3, 0.4) is 0 Å². The van der Waals surface area contributed by atoms with Gasteiger partial charge in [0.25, 0.3) is 0 Å². The Balaban J connectivity index is 1.70. The SMILES string of the molecule is O=C1NCCCC[C@H]1N(CCCOCc1ccccc1)S(=O)(=O)c1ccc(Cl)cc1. The highest BCUT2D eigenvalue weighted by atomic mass is 35.5. The minimum atomic E-state index is -3.85. The quantitative estimate of drug-likeness (QED) is 0.592. The summed E-state index contributed by atoms with van der Waals surface area (Å²) in [6.07, 6.45) is 2.63. The van der Waals surface area contributed by atoms with Crippen LogP contribution in [0.2, 0.25) is 5.02 Å². The smallest absolute Gasteiger partial charge is 0.243 e. The van der Waals surface area contributed by atoms with E-state index in [0.29, 0.717) is 37.6 Å². The molecule has 1 aliphatic rings. The van der Waals surface area contributed by atoms with Gasteiger partial charge in [0, 0.05) is 24.7 Å². The van der Waals surface area contributed by atoms with E-state index in [-0.39, 0.29) is 17.3 Å². The molecule has 0 aromatic heterocycles. The Morgan fingerprint density at radius 3 is 2.53 bits per heavy atom. The number of nitrogens with zero attached hydrogens (tertiary/aromatic N) is 1. The molecule has 1 heterocycles. The zero-order valence-electron chi connectivity index (χ0n) is 16.8. The van der Waals surface area contributed by atoms with E-state index in [4.69, 9.17) is 16.3 Å². The van der Waals surface area contributed by atoms with E-state index in [1.165, 1.54) is 16.4 Å². The Kier molecular flexibility index (Phi) is 8.27. The fraction of sp³-hybridized carbons (Fsp3) is 0.409. The highest BCUT2D eigenvalue weighted by molar-refractivity contribution is 7.89. The molecule has 6 nitrogen and oxygen atoms in total. The van der Waals surface area contributed by atoms with Crippen LogP contribution >= 0.6 is 11.6 Å². The van der Waals surface area contributed by atoms with Gasteiger partial charge in [-0.15, -0.1) is 0 Å². The maximum Gasteiger partial charge on any atom is 0.243 e. The van der Waals surface area contributed by atoms with Crippen molar-refractivity contribution in [2.24, 2.45) is 0 Å². The Hall–Kier alpha value is -1.93. The van der Waals surface area contributed by atoms with Crippen molar-refractivity contribution in [3.63, 3.8) is 0 Å². The Bertz CT molecular complexity index is 920. The molecule has 1 N–H and O–H groups in total. The Morgan fingerprint density at radius 1 is 1.07 bits per heavy atom. The van der Waals surface area contributed by atoms with Gasteiger partial charge in [0.2, 0.25) is 15.9 Å². The zero-order valence-corrected chi connectivity index (χ0v) is 18.4. The monoisotopic (exact) mass is 450 g/mol. The molecule has 2 aromatic rings. The van der Waals surface area contributed by atoms with Crippen LogP contribution in [-0.2, 0) is 26.2 Å². The van der Waals surface area contributed by atoms with Gasteiger partial charge in [0.05, 0.1) is 11.5 Å². The summed E-state index contributed by atoms with van der Waals surface area (Å²) < 4.78 is 33.7. The fourth-order valence-electron chi connectivity index (χ4n) is 3.47. The minimum absolute atomic E-state index is 0.133. The number of amides is 1. The van der Waals surface area contributed by atoms with Crippen LogP contribution in [0.15, 0.2) is 59.5 Å². The first-order chi connectivity index (χ1) is 14.5. The van der Waals surface area contributed by atoms with Crippen molar-refractivity contribution in [1.29, 1.82) is 0 Å². The van der Waals surface area contributed by atoms with Gasteiger partial charge in [-0.25, -0.2) is 8.42 Å². The first-order valence-corrected chi connectivity index (χ1v) is 12.0. The van der Waals surface area contributed by atoms with Crippen LogP contribution in [-0.4, -0.2) is 44.4 Å². The average molecular weight is 451 g/mol. The molecule has 162 valence electrons. The van der Waals surface area contributed by atoms with Crippen LogP contribution in [0.4, 0.5) is 0 Å². The molecule has 0 bridgehead atoms. The van der Waals surface area contributed by atoms with Crippen LogP contribution in [0.5, 0.6) is 0 Å². The fourth-order valence-corrected chi connectivity index (χ4v) is 5.25. The molecule has 0 spiro atoms. The highest BCUT2D eigenvalue weighted by Crippen LogP contribution is 2.24. The number of nitrogens with one attached hydrogen (secondary N) is 1. The van der Waals surface area contributed by atoms with E-state index in [0.717, 1.165) is 18.4 Å². The highest BCUT2D eigenvalue weighted by Gasteiger charge is 2.36. The summed E-state index contributed by atoms with van der Waals surface area (Å²) in [6.45, 7) is 1.65. The second-order valence-electron chi connectivity index (χ2n) is 7.26. The summed E-state index contributed by atoms with van der Waals surface area (Å²) in [5.74, 6) is -0.241. The second kappa shape index (κ2) is 10.9. The lowest BCUT2D eigenvalue weighted by molar-refractivity contribution is -0.124. The van der Waals surface area contributed by atoms with Gasteiger partial charge in [-0.2, -0.15) is 4.31 Å². The lowest BCUT2D eigenvalue weighted by Gasteiger charge is -2.29. The van der Waals surface area contributed by atoms with Crippen LogP contribution in [0.1, 0.15) is 31.2 Å². The van der Waals surface area contributed by atoms with E-state index < -0.39 is 16.1 Å². The van der Waals surface area contributed by atoms with Gasteiger partial charge in [-0.3, -0.25) is 4.79 Å². The molecule has 1 atom stereocenters. The van der Waals surface area contributed by atoms with E-state index in [9.17, 15) is 13.2 Å². The van der Waals surface area contributed by atoms with E-state index in [1.54, 1.807) is 12.1 Å². The predicted molar refractivity (Wildman–Crippen MR) is 117 cm³/mol. The minimum Gasteiger partial charge on any atom is -0.377 e. The summed E-state index contributed by atoms with van der Waals surface area (Å²) in [5, 5.41) is 3.29. The largest absolute Gasteiger partial charge is 0.377 e. The molecule has 1 saturated heterocycles. The summed E-state index contributed by atoms with van der Waals surface area (Å²) >= 11 is 5.91. The van der Waals surface area contributed by atoms with Gasteiger partial charge < -0.3 is 10.1 Å². The number of hydrogen-bond acceptors (Lipinski definition) is 4. The topological polar surface area (TPSA) is 75.7 Å². The third-order valence-corrected chi connectivity index (χ3v) is 7.23. The van der Waals surface area contributed by atoms with Crippen molar-refractivity contribution in [2.75, 3.05) is 19.7 Å². The molecule has 0 unspecified atom stereocenters. The van der Waals surface area contributed by atoms with Crippen molar-refractivity contribution in [3.05, 3.63) is 65.2 Å². The van der Waals surface area contributed by atoms with E-state index in [2.05, 4.69) is 5.32 Å². The lowest BCUT2D eigenvalue weighted by atomic mass is 10.1. The third kappa shape index (κ3) is 6.04. The van der Waals surface area contributed by atoms with Crippen LogP contribution < -0.4 is 5.32 Å². The zero-order chi connectivity index (χ0) is 21.4. The summed E-state index contributed by atoms with van der Waals surface area (Å²) in [7, 11) is -3.85. The van der Waals surface area contributed by atoms with Crippen molar-refractivity contribution in [2.45, 2.75) is 43.2 Å². The predicted octanol–water partition coefficient (Wildman–Crippen LogP) is 3.61. The molecular weight excluding hydrogens is 424 g/mol. The van der Waals surface area contributed by atoms with Crippen LogP contribution in [0, 0.1) is 0 Å². The molecule has 1 fully saturated rings. The number of benzene rings is 2. The Morgan fingerprint density at radius 2 is 1.80 bits per heavy atom. The van der Waals surface area contributed by atoms with Gasteiger partial charge >= 0.3 is 0 Å². The van der Waals surface area contributed by atoms with E-state index in [1.807, 2.05) is 30.3 Å². The average Bonchev–Trinajstić information content (AvgIpc) is 2.96. The number of carbonyl (C=O) groups excluding carboxylic acids is 1. The first-order valence-electron chi connectivity index (χ1n) is 10.2. The van der Waals surface area contributed by atoms with Gasteiger partial charge in [-0.05, 0) is 55.5 Å². The molecule has 0 radical (unpaired) electrons. The molecule has 0 saturated carbocycles. The molecule has 3 rings (SSSR count). The van der Waals surface area contributed by atoms with E-state index >= 15 is 0 Å². The molecule has 1 amide bonds. The lowest BCUT2D eigenvalue weighted by Crippen LogP contribution is -2.49. The summed E-state index contributed by atoms with van der Waals surface area (Å²) in [6, 6.07) is 15.1. The van der Waals surface area contributed by atoms with Gasteiger partial charge in [-0.1, -0.05) is 41.9 Å². The van der Waals surface area contributed by atoms with Crippen molar-refractivity contribution in [1.82, 2.24) is 9.62 Å². The number of hydrogen-bond donors (Lipinski definition) is 1. The van der Waals surface area contributed by atoms with Crippen molar-refractivity contribution < 1.29 is 17.9 Å². The number of halogens is 1. The molecule has 30 heavy (non-hydrogen) atoms. The number of carbonyl (C=O) groups is 1. The number of ether oxygens (including phenoxy) is 1. The Labute approximate surface area is 183 Å². The molecular formula is C22H27ClN2O4S. The van der Waals surface area contributed by atoms with Crippen LogP contribution in [0.25, 0.3) is 0 Å². The normalized spacial score (nSPS) is 17.5. The maximum atomic E-state index is 13.3. The number of rotatable bonds is 9. The van der Waals surface area contributed by atoms with Gasteiger partial charge in [0.15, 0.2) is 0 Å². The van der Waals surface area contributed by atoms with Gasteiger partial charge in [0.1, 0.15) is 6.04 Å².